The first kappa shape index (κ1) is 17.1. The SMILES string of the molecule is CC(C)N1C(=O)C2(SCCN2C(=O)c2ccccc2F)c2ccccc21. The lowest BCUT2D eigenvalue weighted by molar-refractivity contribution is -0.123. The fourth-order valence-electron chi connectivity index (χ4n) is 3.82. The van der Waals surface area contributed by atoms with Crippen molar-refractivity contribution in [2.24, 2.45) is 0 Å². The molecule has 134 valence electrons. The third-order valence-corrected chi connectivity index (χ3v) is 6.33. The van der Waals surface area contributed by atoms with Crippen molar-refractivity contribution in [2.45, 2.75) is 24.8 Å². The van der Waals surface area contributed by atoms with Crippen LogP contribution in [0.1, 0.15) is 29.8 Å². The summed E-state index contributed by atoms with van der Waals surface area (Å²) in [4.78, 5) is 28.8. The predicted octanol–water partition coefficient (Wildman–Crippen LogP) is 3.62. The summed E-state index contributed by atoms with van der Waals surface area (Å²) < 4.78 is 14.2. The Bertz CT molecular complexity index is 901. The summed E-state index contributed by atoms with van der Waals surface area (Å²) in [5.74, 6) is -0.501. The Balaban J connectivity index is 1.86. The molecule has 2 aromatic carbocycles. The maximum absolute atomic E-state index is 14.2. The van der Waals surface area contributed by atoms with E-state index in [4.69, 9.17) is 0 Å². The highest BCUT2D eigenvalue weighted by molar-refractivity contribution is 8.01. The fraction of sp³-hybridized carbons (Fsp3) is 0.300. The van der Waals surface area contributed by atoms with Gasteiger partial charge in [0.1, 0.15) is 5.82 Å². The highest BCUT2D eigenvalue weighted by Gasteiger charge is 2.59. The molecule has 0 bridgehead atoms. The van der Waals surface area contributed by atoms with E-state index in [0.717, 1.165) is 11.3 Å². The lowest BCUT2D eigenvalue weighted by atomic mass is 10.0. The van der Waals surface area contributed by atoms with E-state index in [-0.39, 0.29) is 17.5 Å². The van der Waals surface area contributed by atoms with Gasteiger partial charge in [0.05, 0.1) is 11.3 Å². The lowest BCUT2D eigenvalue weighted by Gasteiger charge is -2.34. The van der Waals surface area contributed by atoms with E-state index >= 15 is 0 Å². The molecule has 2 heterocycles. The number of anilines is 1. The van der Waals surface area contributed by atoms with Crippen molar-refractivity contribution in [3.63, 3.8) is 0 Å². The molecule has 0 radical (unpaired) electrons. The highest BCUT2D eigenvalue weighted by Crippen LogP contribution is 2.54. The maximum atomic E-state index is 14.2. The van der Waals surface area contributed by atoms with Gasteiger partial charge in [0.25, 0.3) is 11.8 Å². The average Bonchev–Trinajstić information content (AvgIpc) is 3.17. The molecule has 1 atom stereocenters. The number of carbonyl (C=O) groups is 2. The minimum absolute atomic E-state index is 0.00246. The standard InChI is InChI=1S/C20H19FN2O2S/c1-13(2)23-17-10-6-4-8-15(17)20(19(23)25)22(11-12-26-20)18(24)14-7-3-5-9-16(14)21/h3-10,13H,11-12H2,1-2H3. The number of nitrogens with zero attached hydrogens (tertiary/aromatic N) is 2. The summed E-state index contributed by atoms with van der Waals surface area (Å²) in [6, 6.07) is 13.5. The minimum Gasteiger partial charge on any atom is -0.311 e. The predicted molar refractivity (Wildman–Crippen MR) is 101 cm³/mol. The normalized spacial score (nSPS) is 21.8. The van der Waals surface area contributed by atoms with Gasteiger partial charge in [0, 0.05) is 23.9 Å². The van der Waals surface area contributed by atoms with Crippen LogP contribution in [0.25, 0.3) is 0 Å². The Morgan fingerprint density at radius 3 is 2.58 bits per heavy atom. The number of amides is 2. The topological polar surface area (TPSA) is 40.6 Å². The largest absolute Gasteiger partial charge is 0.311 e. The van der Waals surface area contributed by atoms with Gasteiger partial charge in [-0.1, -0.05) is 30.3 Å². The van der Waals surface area contributed by atoms with Gasteiger partial charge >= 0.3 is 0 Å². The second-order valence-corrected chi connectivity index (χ2v) is 8.00. The van der Waals surface area contributed by atoms with Crippen molar-refractivity contribution in [2.75, 3.05) is 17.2 Å². The molecule has 0 aliphatic carbocycles. The second-order valence-electron chi connectivity index (χ2n) is 6.72. The summed E-state index contributed by atoms with van der Waals surface area (Å²) in [7, 11) is 0. The average molecular weight is 370 g/mol. The van der Waals surface area contributed by atoms with Crippen LogP contribution < -0.4 is 4.90 Å². The van der Waals surface area contributed by atoms with E-state index in [1.54, 1.807) is 21.9 Å². The number of hydrogen-bond acceptors (Lipinski definition) is 3. The number of rotatable bonds is 2. The molecule has 1 spiro atoms. The second kappa shape index (κ2) is 6.13. The molecular formula is C20H19FN2O2S. The molecule has 26 heavy (non-hydrogen) atoms. The van der Waals surface area contributed by atoms with Crippen molar-refractivity contribution in [1.29, 1.82) is 0 Å². The molecule has 2 aliphatic rings. The Labute approximate surface area is 156 Å². The first-order valence-corrected chi connectivity index (χ1v) is 9.60. The van der Waals surface area contributed by atoms with Gasteiger partial charge in [-0.05, 0) is 32.0 Å². The lowest BCUT2D eigenvalue weighted by Crippen LogP contribution is -2.51. The van der Waals surface area contributed by atoms with Gasteiger partial charge in [0.15, 0.2) is 4.87 Å². The van der Waals surface area contributed by atoms with Gasteiger partial charge in [-0.25, -0.2) is 4.39 Å². The van der Waals surface area contributed by atoms with Crippen molar-refractivity contribution < 1.29 is 14.0 Å². The third-order valence-electron chi connectivity index (χ3n) is 4.91. The van der Waals surface area contributed by atoms with Crippen molar-refractivity contribution in [1.82, 2.24) is 4.90 Å². The molecule has 4 rings (SSSR count). The van der Waals surface area contributed by atoms with Gasteiger partial charge in [0.2, 0.25) is 0 Å². The molecule has 2 aliphatic heterocycles. The first-order valence-electron chi connectivity index (χ1n) is 8.62. The summed E-state index contributed by atoms with van der Waals surface area (Å²) in [5, 5.41) is 0. The first-order chi connectivity index (χ1) is 12.5. The quantitative estimate of drug-likeness (QED) is 0.811. The van der Waals surface area contributed by atoms with E-state index in [1.807, 2.05) is 38.1 Å². The summed E-state index contributed by atoms with van der Waals surface area (Å²) in [5.41, 5.74) is 1.64. The zero-order chi connectivity index (χ0) is 18.5. The van der Waals surface area contributed by atoms with Crippen LogP contribution in [0.2, 0.25) is 0 Å². The molecule has 1 unspecified atom stereocenters. The molecule has 0 saturated carbocycles. The monoisotopic (exact) mass is 370 g/mol. The Morgan fingerprint density at radius 2 is 1.85 bits per heavy atom. The van der Waals surface area contributed by atoms with Gasteiger partial charge < -0.3 is 9.80 Å². The number of para-hydroxylation sites is 1. The van der Waals surface area contributed by atoms with E-state index < -0.39 is 16.6 Å². The van der Waals surface area contributed by atoms with Crippen LogP contribution in [0.4, 0.5) is 10.1 Å². The Kier molecular flexibility index (Phi) is 4.03. The molecular weight excluding hydrogens is 351 g/mol. The summed E-state index contributed by atoms with van der Waals surface area (Å²) in [6.07, 6.45) is 0. The Hall–Kier alpha value is -2.34. The third kappa shape index (κ3) is 2.21. The number of thioether (sulfide) groups is 1. The fourth-order valence-corrected chi connectivity index (χ4v) is 5.26. The zero-order valence-corrected chi connectivity index (χ0v) is 15.4. The number of fused-ring (bicyclic) bond motifs is 2. The number of carbonyl (C=O) groups excluding carboxylic acids is 2. The smallest absolute Gasteiger partial charge is 0.268 e. The highest BCUT2D eigenvalue weighted by atomic mass is 32.2. The van der Waals surface area contributed by atoms with Gasteiger partial charge in [-0.15, -0.1) is 11.8 Å². The molecule has 2 aromatic rings. The summed E-state index contributed by atoms with van der Waals surface area (Å²) >= 11 is 1.45. The molecule has 1 saturated heterocycles. The molecule has 2 amide bonds. The van der Waals surface area contributed by atoms with Gasteiger partial charge in [-0.3, -0.25) is 9.59 Å². The molecule has 0 N–H and O–H groups in total. The zero-order valence-electron chi connectivity index (χ0n) is 14.6. The van der Waals surface area contributed by atoms with E-state index in [0.29, 0.717) is 12.3 Å². The van der Waals surface area contributed by atoms with Crippen LogP contribution >= 0.6 is 11.8 Å². The van der Waals surface area contributed by atoms with Gasteiger partial charge in [-0.2, -0.15) is 0 Å². The number of hydrogen-bond donors (Lipinski definition) is 0. The summed E-state index contributed by atoms with van der Waals surface area (Å²) in [6.45, 7) is 4.32. The molecule has 6 heteroatoms. The van der Waals surface area contributed by atoms with Crippen molar-refractivity contribution in [3.8, 4) is 0 Å². The van der Waals surface area contributed by atoms with Crippen LogP contribution in [0.5, 0.6) is 0 Å². The minimum atomic E-state index is -1.11. The van der Waals surface area contributed by atoms with Crippen LogP contribution in [0.15, 0.2) is 48.5 Å². The van der Waals surface area contributed by atoms with Crippen LogP contribution in [-0.2, 0) is 9.67 Å². The molecule has 0 aromatic heterocycles. The molecule has 4 nitrogen and oxygen atoms in total. The number of benzene rings is 2. The molecule has 1 fully saturated rings. The van der Waals surface area contributed by atoms with E-state index in [1.165, 1.54) is 23.9 Å². The van der Waals surface area contributed by atoms with Crippen LogP contribution in [-0.4, -0.2) is 35.1 Å². The Morgan fingerprint density at radius 1 is 1.15 bits per heavy atom. The van der Waals surface area contributed by atoms with Crippen LogP contribution in [0.3, 0.4) is 0 Å². The maximum Gasteiger partial charge on any atom is 0.268 e. The van der Waals surface area contributed by atoms with Crippen molar-refractivity contribution >= 4 is 29.3 Å². The van der Waals surface area contributed by atoms with Crippen LogP contribution in [0, 0.1) is 5.82 Å². The van der Waals surface area contributed by atoms with E-state index in [9.17, 15) is 14.0 Å². The van der Waals surface area contributed by atoms with Crippen molar-refractivity contribution in [3.05, 3.63) is 65.5 Å². The number of halogens is 1. The van der Waals surface area contributed by atoms with E-state index in [2.05, 4.69) is 0 Å².